The molecular weight excluding hydrogens is 282 g/mol. The lowest BCUT2D eigenvalue weighted by Gasteiger charge is -2.22. The SMILES string of the molecule is CC(C)C1CCC(=O)N(Cc2ccnc(C(N)=S)c2)CC1. The summed E-state index contributed by atoms with van der Waals surface area (Å²) in [4.78, 5) is 18.6. The predicted molar refractivity (Wildman–Crippen MR) is 87.7 cm³/mol. The molecule has 1 aliphatic heterocycles. The van der Waals surface area contributed by atoms with E-state index in [9.17, 15) is 4.79 Å². The second-order valence-electron chi connectivity index (χ2n) is 6.06. The Kier molecular flexibility index (Phi) is 5.28. The fourth-order valence-corrected chi connectivity index (χ4v) is 2.93. The summed E-state index contributed by atoms with van der Waals surface area (Å²) in [6.07, 6.45) is 4.43. The molecular formula is C16H23N3OS. The minimum atomic E-state index is 0.242. The first-order chi connectivity index (χ1) is 9.97. The van der Waals surface area contributed by atoms with Gasteiger partial charge in [0.15, 0.2) is 0 Å². The third-order valence-electron chi connectivity index (χ3n) is 4.24. The number of hydrogen-bond acceptors (Lipinski definition) is 3. The van der Waals surface area contributed by atoms with E-state index in [-0.39, 0.29) is 5.91 Å². The number of carbonyl (C=O) groups is 1. The summed E-state index contributed by atoms with van der Waals surface area (Å²) >= 11 is 4.95. The van der Waals surface area contributed by atoms with E-state index in [4.69, 9.17) is 18.0 Å². The van der Waals surface area contributed by atoms with Gasteiger partial charge in [0, 0.05) is 25.7 Å². The van der Waals surface area contributed by atoms with E-state index in [0.29, 0.717) is 35.5 Å². The fraction of sp³-hybridized carbons (Fsp3) is 0.562. The van der Waals surface area contributed by atoms with Crippen LogP contribution in [0.2, 0.25) is 0 Å². The van der Waals surface area contributed by atoms with E-state index in [0.717, 1.165) is 24.9 Å². The van der Waals surface area contributed by atoms with Crippen molar-refractivity contribution < 1.29 is 4.79 Å². The summed E-state index contributed by atoms with van der Waals surface area (Å²) in [5.41, 5.74) is 7.26. The van der Waals surface area contributed by atoms with Crippen LogP contribution in [0.5, 0.6) is 0 Å². The number of amides is 1. The fourth-order valence-electron chi connectivity index (χ4n) is 2.82. The molecule has 1 aliphatic rings. The second-order valence-corrected chi connectivity index (χ2v) is 6.50. The molecule has 1 unspecified atom stereocenters. The molecule has 0 bridgehead atoms. The molecule has 1 saturated heterocycles. The maximum absolute atomic E-state index is 12.3. The molecule has 4 nitrogen and oxygen atoms in total. The summed E-state index contributed by atoms with van der Waals surface area (Å²) in [5, 5.41) is 0. The molecule has 5 heteroatoms. The van der Waals surface area contributed by atoms with Gasteiger partial charge in [0.2, 0.25) is 5.91 Å². The van der Waals surface area contributed by atoms with Crippen LogP contribution in [0.25, 0.3) is 0 Å². The van der Waals surface area contributed by atoms with Crippen LogP contribution >= 0.6 is 12.2 Å². The molecule has 1 aromatic heterocycles. The van der Waals surface area contributed by atoms with Crippen LogP contribution in [0.1, 0.15) is 44.4 Å². The highest BCUT2D eigenvalue weighted by Crippen LogP contribution is 2.25. The molecule has 1 atom stereocenters. The van der Waals surface area contributed by atoms with Crippen molar-refractivity contribution in [2.75, 3.05) is 6.54 Å². The maximum Gasteiger partial charge on any atom is 0.222 e. The Bertz CT molecular complexity index is 530. The quantitative estimate of drug-likeness (QED) is 0.868. The van der Waals surface area contributed by atoms with Crippen LogP contribution in [-0.4, -0.2) is 27.3 Å². The highest BCUT2D eigenvalue weighted by atomic mass is 32.1. The standard InChI is InChI=1S/C16H23N3OS/c1-11(2)13-3-4-15(20)19(8-6-13)10-12-5-7-18-14(9-12)16(17)21/h5,7,9,11,13H,3-4,6,8,10H2,1-2H3,(H2,17,21). The Balaban J connectivity index is 2.06. The van der Waals surface area contributed by atoms with Gasteiger partial charge < -0.3 is 10.6 Å². The van der Waals surface area contributed by atoms with Gasteiger partial charge in [-0.15, -0.1) is 0 Å². The molecule has 0 radical (unpaired) electrons. The van der Waals surface area contributed by atoms with Crippen molar-refractivity contribution in [3.63, 3.8) is 0 Å². The Morgan fingerprint density at radius 1 is 1.52 bits per heavy atom. The van der Waals surface area contributed by atoms with Gasteiger partial charge in [-0.25, -0.2) is 0 Å². The highest BCUT2D eigenvalue weighted by Gasteiger charge is 2.24. The van der Waals surface area contributed by atoms with Crippen LogP contribution in [-0.2, 0) is 11.3 Å². The number of hydrogen-bond donors (Lipinski definition) is 1. The van der Waals surface area contributed by atoms with Gasteiger partial charge in [0.25, 0.3) is 0 Å². The highest BCUT2D eigenvalue weighted by molar-refractivity contribution is 7.80. The number of likely N-dealkylation sites (tertiary alicyclic amines) is 1. The first kappa shape index (κ1) is 15.9. The Hall–Kier alpha value is -1.49. The van der Waals surface area contributed by atoms with E-state index >= 15 is 0 Å². The van der Waals surface area contributed by atoms with Gasteiger partial charge in [0.05, 0.1) is 5.69 Å². The maximum atomic E-state index is 12.3. The van der Waals surface area contributed by atoms with Crippen LogP contribution in [0.3, 0.4) is 0 Å². The van der Waals surface area contributed by atoms with Crippen LogP contribution in [0.15, 0.2) is 18.3 Å². The third-order valence-corrected chi connectivity index (χ3v) is 4.45. The van der Waals surface area contributed by atoms with E-state index in [1.54, 1.807) is 6.20 Å². The first-order valence-electron chi connectivity index (χ1n) is 7.50. The lowest BCUT2D eigenvalue weighted by molar-refractivity contribution is -0.131. The Morgan fingerprint density at radius 3 is 2.95 bits per heavy atom. The molecule has 0 spiro atoms. The molecule has 1 fully saturated rings. The average molecular weight is 305 g/mol. The van der Waals surface area contributed by atoms with Crippen LogP contribution in [0, 0.1) is 11.8 Å². The van der Waals surface area contributed by atoms with Crippen molar-refractivity contribution in [2.45, 2.75) is 39.7 Å². The minimum absolute atomic E-state index is 0.242. The van der Waals surface area contributed by atoms with E-state index in [2.05, 4.69) is 18.8 Å². The van der Waals surface area contributed by atoms with Gasteiger partial charge in [-0.2, -0.15) is 0 Å². The van der Waals surface area contributed by atoms with Gasteiger partial charge >= 0.3 is 0 Å². The van der Waals surface area contributed by atoms with Crippen molar-refractivity contribution in [3.05, 3.63) is 29.6 Å². The van der Waals surface area contributed by atoms with Crippen molar-refractivity contribution in [2.24, 2.45) is 17.6 Å². The molecule has 1 aromatic rings. The molecule has 2 N–H and O–H groups in total. The zero-order valence-corrected chi connectivity index (χ0v) is 13.5. The van der Waals surface area contributed by atoms with Crippen molar-refractivity contribution >= 4 is 23.1 Å². The zero-order chi connectivity index (χ0) is 15.4. The number of pyridine rings is 1. The molecule has 21 heavy (non-hydrogen) atoms. The van der Waals surface area contributed by atoms with Crippen molar-refractivity contribution in [3.8, 4) is 0 Å². The average Bonchev–Trinajstić information content (AvgIpc) is 2.62. The minimum Gasteiger partial charge on any atom is -0.388 e. The molecule has 0 aliphatic carbocycles. The van der Waals surface area contributed by atoms with Gasteiger partial charge in [-0.1, -0.05) is 26.1 Å². The third kappa shape index (κ3) is 4.24. The molecule has 2 rings (SSSR count). The monoisotopic (exact) mass is 305 g/mol. The van der Waals surface area contributed by atoms with Gasteiger partial charge in [-0.3, -0.25) is 9.78 Å². The summed E-state index contributed by atoms with van der Waals surface area (Å²) in [6.45, 7) is 5.92. The summed E-state index contributed by atoms with van der Waals surface area (Å²) in [7, 11) is 0. The van der Waals surface area contributed by atoms with E-state index in [1.165, 1.54) is 0 Å². The molecule has 2 heterocycles. The molecule has 0 saturated carbocycles. The number of rotatable bonds is 4. The van der Waals surface area contributed by atoms with Gasteiger partial charge in [0.1, 0.15) is 4.99 Å². The summed E-state index contributed by atoms with van der Waals surface area (Å²) in [6, 6.07) is 3.79. The summed E-state index contributed by atoms with van der Waals surface area (Å²) < 4.78 is 0. The second kappa shape index (κ2) is 6.98. The van der Waals surface area contributed by atoms with E-state index in [1.807, 2.05) is 17.0 Å². The van der Waals surface area contributed by atoms with Crippen molar-refractivity contribution in [1.29, 1.82) is 0 Å². The first-order valence-corrected chi connectivity index (χ1v) is 7.90. The van der Waals surface area contributed by atoms with Crippen molar-refractivity contribution in [1.82, 2.24) is 9.88 Å². The van der Waals surface area contributed by atoms with E-state index < -0.39 is 0 Å². The van der Waals surface area contributed by atoms with Crippen LogP contribution < -0.4 is 5.73 Å². The molecule has 0 aromatic carbocycles. The van der Waals surface area contributed by atoms with Gasteiger partial charge in [-0.05, 0) is 42.4 Å². The normalized spacial score (nSPS) is 19.7. The predicted octanol–water partition coefficient (Wildman–Crippen LogP) is 2.50. The molecule has 114 valence electrons. The summed E-state index contributed by atoms with van der Waals surface area (Å²) in [5.74, 6) is 1.52. The molecule has 1 amide bonds. The smallest absolute Gasteiger partial charge is 0.222 e. The number of nitrogens with two attached hydrogens (primary N) is 1. The lowest BCUT2D eigenvalue weighted by Crippen LogP contribution is -2.30. The number of nitrogens with zero attached hydrogens (tertiary/aromatic N) is 2. The Morgan fingerprint density at radius 2 is 2.29 bits per heavy atom. The Labute approximate surface area is 131 Å². The largest absolute Gasteiger partial charge is 0.388 e. The number of thiocarbonyl (C=S) groups is 1. The zero-order valence-electron chi connectivity index (χ0n) is 12.7. The lowest BCUT2D eigenvalue weighted by atomic mass is 9.89. The topological polar surface area (TPSA) is 59.2 Å². The van der Waals surface area contributed by atoms with Crippen LogP contribution in [0.4, 0.5) is 0 Å². The number of carbonyl (C=O) groups excluding carboxylic acids is 1. The number of aromatic nitrogens is 1.